The van der Waals surface area contributed by atoms with Gasteiger partial charge < -0.3 is 9.73 Å². The Morgan fingerprint density at radius 1 is 0.879 bits per heavy atom. The third-order valence-corrected chi connectivity index (χ3v) is 6.75. The average molecular weight is 459 g/mol. The Morgan fingerprint density at radius 3 is 2.12 bits per heavy atom. The maximum Gasteiger partial charge on any atom is 0.251 e. The van der Waals surface area contributed by atoms with Crippen LogP contribution in [0, 0.1) is 20.8 Å². The summed E-state index contributed by atoms with van der Waals surface area (Å²) in [5.41, 5.74) is 5.37. The first-order valence-electron chi connectivity index (χ1n) is 10.7. The molecule has 0 aliphatic rings. The predicted molar refractivity (Wildman–Crippen MR) is 130 cm³/mol. The van der Waals surface area contributed by atoms with Crippen LogP contribution in [0.25, 0.3) is 11.5 Å². The Labute approximate surface area is 196 Å². The van der Waals surface area contributed by atoms with Gasteiger partial charge in [-0.05, 0) is 62.7 Å². The monoisotopic (exact) mass is 458 g/mol. The molecule has 168 valence electrons. The number of nitrogens with one attached hydrogen (secondary N) is 1. The van der Waals surface area contributed by atoms with Crippen LogP contribution in [0.3, 0.4) is 0 Å². The fourth-order valence-corrected chi connectivity index (χ4v) is 4.46. The van der Waals surface area contributed by atoms with Gasteiger partial charge in [0, 0.05) is 22.6 Å². The third-order valence-electron chi connectivity index (χ3n) is 5.41. The van der Waals surface area contributed by atoms with Gasteiger partial charge in [0.25, 0.3) is 5.91 Å². The van der Waals surface area contributed by atoms with Crippen LogP contribution in [0.2, 0.25) is 0 Å². The molecular formula is C27H26N2O3S. The Balaban J connectivity index is 1.41. The zero-order valence-corrected chi connectivity index (χ0v) is 19.7. The van der Waals surface area contributed by atoms with Crippen molar-refractivity contribution in [1.82, 2.24) is 10.3 Å². The van der Waals surface area contributed by atoms with E-state index in [1.807, 2.05) is 81.4 Å². The lowest BCUT2D eigenvalue weighted by Crippen LogP contribution is -2.22. The molecule has 1 N–H and O–H groups in total. The molecule has 1 aromatic heterocycles. The molecule has 0 aliphatic carbocycles. The number of aryl methyl sites for hydroxylation is 3. The minimum absolute atomic E-state index is 0.139. The minimum Gasteiger partial charge on any atom is -0.441 e. The summed E-state index contributed by atoms with van der Waals surface area (Å²) in [5, 5.41) is 2.94. The second-order valence-corrected chi connectivity index (χ2v) is 9.52. The van der Waals surface area contributed by atoms with Crippen LogP contribution in [0.15, 0.2) is 82.1 Å². The third kappa shape index (κ3) is 5.65. The number of benzene rings is 3. The predicted octanol–water partition coefficient (Wildman–Crippen LogP) is 5.50. The first kappa shape index (κ1) is 22.7. The first-order chi connectivity index (χ1) is 15.9. The number of aromatic nitrogens is 1. The number of amides is 1. The van der Waals surface area contributed by atoms with E-state index in [1.165, 1.54) is 5.56 Å². The van der Waals surface area contributed by atoms with E-state index in [9.17, 15) is 9.00 Å². The highest BCUT2D eigenvalue weighted by Crippen LogP contribution is 2.24. The van der Waals surface area contributed by atoms with Crippen LogP contribution in [-0.4, -0.2) is 15.1 Å². The molecular weight excluding hydrogens is 432 g/mol. The van der Waals surface area contributed by atoms with Crippen molar-refractivity contribution in [1.29, 1.82) is 0 Å². The highest BCUT2D eigenvalue weighted by molar-refractivity contribution is 7.84. The number of oxazole rings is 1. The van der Waals surface area contributed by atoms with Crippen molar-refractivity contribution in [2.24, 2.45) is 0 Å². The molecule has 0 spiro atoms. The van der Waals surface area contributed by atoms with E-state index in [4.69, 9.17) is 4.42 Å². The number of carbonyl (C=O) groups excluding carboxylic acids is 1. The normalized spacial score (nSPS) is 11.8. The highest BCUT2D eigenvalue weighted by Gasteiger charge is 2.16. The van der Waals surface area contributed by atoms with Crippen LogP contribution in [-0.2, 0) is 23.1 Å². The van der Waals surface area contributed by atoms with Gasteiger partial charge in [-0.25, -0.2) is 4.98 Å². The fourth-order valence-electron chi connectivity index (χ4n) is 3.34. The van der Waals surface area contributed by atoms with Gasteiger partial charge in [-0.1, -0.05) is 47.5 Å². The van der Waals surface area contributed by atoms with Gasteiger partial charge in [0.15, 0.2) is 0 Å². The zero-order valence-electron chi connectivity index (χ0n) is 18.9. The molecule has 0 bridgehead atoms. The van der Waals surface area contributed by atoms with E-state index in [0.717, 1.165) is 21.6 Å². The first-order valence-corrected chi connectivity index (χ1v) is 12.1. The lowest BCUT2D eigenvalue weighted by molar-refractivity contribution is 0.0951. The largest absolute Gasteiger partial charge is 0.441 e. The van der Waals surface area contributed by atoms with Gasteiger partial charge in [-0.3, -0.25) is 9.00 Å². The number of rotatable bonds is 7. The lowest BCUT2D eigenvalue weighted by Gasteiger charge is -2.06. The second-order valence-electron chi connectivity index (χ2n) is 8.07. The van der Waals surface area contributed by atoms with Crippen molar-refractivity contribution < 1.29 is 13.4 Å². The highest BCUT2D eigenvalue weighted by atomic mass is 32.2. The van der Waals surface area contributed by atoms with Crippen molar-refractivity contribution in [3.05, 3.63) is 107 Å². The smallest absolute Gasteiger partial charge is 0.251 e. The standard InChI is InChI=1S/C27H26N2O3S/c1-18-4-8-21(9-5-18)16-28-26(30)22-10-12-23(13-11-22)27-29-25(20(3)32-27)17-33(31)24-14-6-19(2)7-15-24/h4-15H,16-17H2,1-3H3,(H,28,30)/t33-/m0/s1. The van der Waals surface area contributed by atoms with Crippen LogP contribution in [0.1, 0.15) is 38.5 Å². The van der Waals surface area contributed by atoms with E-state index >= 15 is 0 Å². The van der Waals surface area contributed by atoms with E-state index in [2.05, 4.69) is 10.3 Å². The van der Waals surface area contributed by atoms with Gasteiger partial charge >= 0.3 is 0 Å². The Hall–Kier alpha value is -3.51. The Kier molecular flexibility index (Phi) is 6.84. The quantitative estimate of drug-likeness (QED) is 0.397. The van der Waals surface area contributed by atoms with E-state index < -0.39 is 10.8 Å². The van der Waals surface area contributed by atoms with Gasteiger partial charge in [0.05, 0.1) is 22.2 Å². The minimum atomic E-state index is -1.20. The SMILES string of the molecule is Cc1ccc(CNC(=O)c2ccc(-c3nc(C[S@](=O)c4ccc(C)cc4)c(C)o3)cc2)cc1. The fraction of sp³-hybridized carbons (Fsp3) is 0.185. The zero-order chi connectivity index (χ0) is 23.4. The lowest BCUT2D eigenvalue weighted by atomic mass is 10.1. The molecule has 33 heavy (non-hydrogen) atoms. The van der Waals surface area contributed by atoms with Crippen LogP contribution >= 0.6 is 0 Å². The summed E-state index contributed by atoms with van der Waals surface area (Å²) in [6.45, 7) is 6.33. The number of carbonyl (C=O) groups is 1. The summed E-state index contributed by atoms with van der Waals surface area (Å²) in [4.78, 5) is 17.8. The molecule has 0 radical (unpaired) electrons. The maximum atomic E-state index is 12.7. The summed E-state index contributed by atoms with van der Waals surface area (Å²) in [6, 6.07) is 22.9. The van der Waals surface area contributed by atoms with Crippen LogP contribution in [0.4, 0.5) is 0 Å². The molecule has 0 aliphatic heterocycles. The summed E-state index contributed by atoms with van der Waals surface area (Å²) in [6.07, 6.45) is 0. The van der Waals surface area contributed by atoms with Gasteiger partial charge in [-0.2, -0.15) is 0 Å². The van der Waals surface area contributed by atoms with E-state index in [1.54, 1.807) is 12.1 Å². The molecule has 0 unspecified atom stereocenters. The van der Waals surface area contributed by atoms with Crippen molar-refractivity contribution >= 4 is 16.7 Å². The topological polar surface area (TPSA) is 72.2 Å². The van der Waals surface area contributed by atoms with Crippen molar-refractivity contribution in [3.8, 4) is 11.5 Å². The molecule has 3 aromatic carbocycles. The summed E-state index contributed by atoms with van der Waals surface area (Å²) in [7, 11) is -1.20. The molecule has 4 rings (SSSR count). The van der Waals surface area contributed by atoms with Crippen LogP contribution in [0.5, 0.6) is 0 Å². The van der Waals surface area contributed by atoms with Gasteiger partial charge in [-0.15, -0.1) is 0 Å². The molecule has 1 atom stereocenters. The number of nitrogens with zero attached hydrogens (tertiary/aromatic N) is 1. The molecule has 1 amide bonds. The molecule has 4 aromatic rings. The van der Waals surface area contributed by atoms with Gasteiger partial charge in [0.1, 0.15) is 5.76 Å². The van der Waals surface area contributed by atoms with Crippen molar-refractivity contribution in [2.75, 3.05) is 0 Å². The molecule has 0 saturated carbocycles. The van der Waals surface area contributed by atoms with Crippen LogP contribution < -0.4 is 5.32 Å². The maximum absolute atomic E-state index is 12.7. The van der Waals surface area contributed by atoms with Crippen molar-refractivity contribution in [2.45, 2.75) is 38.0 Å². The van der Waals surface area contributed by atoms with E-state index in [0.29, 0.717) is 29.5 Å². The van der Waals surface area contributed by atoms with Gasteiger partial charge in [0.2, 0.25) is 5.89 Å². The summed E-state index contributed by atoms with van der Waals surface area (Å²) >= 11 is 0. The summed E-state index contributed by atoms with van der Waals surface area (Å²) in [5.74, 6) is 1.25. The number of hydrogen-bond acceptors (Lipinski definition) is 4. The molecule has 1 heterocycles. The van der Waals surface area contributed by atoms with Crippen molar-refractivity contribution in [3.63, 3.8) is 0 Å². The molecule has 6 heteroatoms. The average Bonchev–Trinajstić information content (AvgIpc) is 3.19. The Morgan fingerprint density at radius 2 is 1.48 bits per heavy atom. The van der Waals surface area contributed by atoms with E-state index in [-0.39, 0.29) is 11.7 Å². The second kappa shape index (κ2) is 9.96. The molecule has 0 saturated heterocycles. The molecule has 0 fully saturated rings. The number of hydrogen-bond donors (Lipinski definition) is 1. The Bertz CT molecular complexity index is 1270. The molecule has 5 nitrogen and oxygen atoms in total. The summed E-state index contributed by atoms with van der Waals surface area (Å²) < 4.78 is 18.5.